The van der Waals surface area contributed by atoms with Crippen molar-refractivity contribution in [1.82, 2.24) is 9.13 Å². The zero-order chi connectivity index (χ0) is 34.5. The zero-order valence-corrected chi connectivity index (χ0v) is 27.2. The van der Waals surface area contributed by atoms with Gasteiger partial charge in [0.15, 0.2) is 22.3 Å². The van der Waals surface area contributed by atoms with Gasteiger partial charge in [0.1, 0.15) is 22.3 Å². The highest BCUT2D eigenvalue weighted by Gasteiger charge is 2.18. The van der Waals surface area contributed by atoms with E-state index < -0.39 is 0 Å². The number of benzene rings is 7. The molecule has 0 aliphatic heterocycles. The van der Waals surface area contributed by atoms with E-state index in [0.29, 0.717) is 66.2 Å². The Morgan fingerprint density at radius 3 is 1.13 bits per heavy atom. The Morgan fingerprint density at radius 1 is 0.308 bits per heavy atom. The van der Waals surface area contributed by atoms with Gasteiger partial charge in [0.25, 0.3) is 0 Å². The maximum Gasteiger partial charge on any atom is 0.200 e. The molecule has 0 spiro atoms. The predicted octanol–water partition coefficient (Wildman–Crippen LogP) is 10.7. The summed E-state index contributed by atoms with van der Waals surface area (Å²) in [4.78, 5) is 26.8. The van der Waals surface area contributed by atoms with Crippen molar-refractivity contribution >= 4 is 88.3 Å². The zero-order valence-electron chi connectivity index (χ0n) is 27.2. The number of rotatable bonds is 2. The first-order valence-electron chi connectivity index (χ1n) is 16.8. The highest BCUT2D eigenvalue weighted by Crippen LogP contribution is 2.35. The smallest absolute Gasteiger partial charge is 0.200 e. The maximum atomic E-state index is 13.4. The summed E-state index contributed by atoms with van der Waals surface area (Å²) in [6, 6.07) is 45.4. The first-order chi connectivity index (χ1) is 25.6. The van der Waals surface area contributed by atoms with Gasteiger partial charge in [-0.2, -0.15) is 0 Å². The largest absolute Gasteiger partial charge is 0.456 e. The Hall–Kier alpha value is -7.32. The van der Waals surface area contributed by atoms with Gasteiger partial charge in [-0.3, -0.25) is 9.59 Å². The third kappa shape index (κ3) is 4.09. The lowest BCUT2D eigenvalue weighted by atomic mass is 10.1. The van der Waals surface area contributed by atoms with E-state index in [4.69, 9.17) is 17.7 Å². The van der Waals surface area contributed by atoms with Gasteiger partial charge in [0.05, 0.1) is 55.0 Å². The standard InChI is InChI=1S/C44H24N2O6/c47-43-27-9-1-5-13-35(27)49-39-21-25(17-19-29(39)43)45-31-11-3-7-15-37(31)51-41-24-34-42(23-33(41)45)52-38-16-8-4-12-32(38)46(34)26-18-20-30-40(22-26)50-36-14-6-2-10-28(36)44(30)48/h1-24H. The lowest BCUT2D eigenvalue weighted by molar-refractivity contribution is 0.643. The second kappa shape index (κ2) is 10.6. The van der Waals surface area contributed by atoms with Crippen LogP contribution in [0.5, 0.6) is 0 Å². The molecule has 11 rings (SSSR count). The van der Waals surface area contributed by atoms with Gasteiger partial charge in [-0.1, -0.05) is 48.5 Å². The van der Waals surface area contributed by atoms with Crippen molar-refractivity contribution in [3.63, 3.8) is 0 Å². The Labute approximate surface area is 291 Å². The van der Waals surface area contributed by atoms with Crippen LogP contribution in [0.1, 0.15) is 0 Å². The van der Waals surface area contributed by atoms with Crippen molar-refractivity contribution < 1.29 is 17.7 Å². The summed E-state index contributed by atoms with van der Waals surface area (Å²) >= 11 is 0. The molecule has 0 bridgehead atoms. The van der Waals surface area contributed by atoms with Gasteiger partial charge >= 0.3 is 0 Å². The molecule has 0 unspecified atom stereocenters. The molecule has 0 fully saturated rings. The molecule has 246 valence electrons. The summed E-state index contributed by atoms with van der Waals surface area (Å²) in [5.41, 5.74) is 9.11. The lowest BCUT2D eigenvalue weighted by Crippen LogP contribution is -2.05. The van der Waals surface area contributed by atoms with E-state index in [9.17, 15) is 9.59 Å². The second-order valence-corrected chi connectivity index (χ2v) is 12.8. The number of para-hydroxylation sites is 6. The monoisotopic (exact) mass is 676 g/mol. The fraction of sp³-hybridized carbons (Fsp3) is 0. The van der Waals surface area contributed by atoms with E-state index in [1.54, 1.807) is 24.3 Å². The van der Waals surface area contributed by atoms with Crippen LogP contribution in [-0.2, 0) is 0 Å². The van der Waals surface area contributed by atoms with Gasteiger partial charge in [-0.15, -0.1) is 0 Å². The third-order valence-corrected chi connectivity index (χ3v) is 9.81. The minimum absolute atomic E-state index is 0.0754. The normalized spacial score (nSPS) is 12.0. The summed E-state index contributed by atoms with van der Waals surface area (Å²) in [5.74, 6) is 0. The molecule has 0 amide bonds. The Morgan fingerprint density at radius 2 is 0.673 bits per heavy atom. The van der Waals surface area contributed by atoms with E-state index in [1.807, 2.05) is 121 Å². The molecule has 52 heavy (non-hydrogen) atoms. The minimum Gasteiger partial charge on any atom is -0.456 e. The summed E-state index contributed by atoms with van der Waals surface area (Å²) in [6.45, 7) is 0. The lowest BCUT2D eigenvalue weighted by Gasteiger charge is -2.19. The molecule has 0 N–H and O–H groups in total. The topological polar surface area (TPSA) is 96.6 Å². The number of aromatic nitrogens is 2. The van der Waals surface area contributed by atoms with E-state index in [0.717, 1.165) is 33.4 Å². The molecule has 0 aliphatic carbocycles. The average molecular weight is 677 g/mol. The van der Waals surface area contributed by atoms with Gasteiger partial charge in [0, 0.05) is 24.3 Å². The third-order valence-electron chi connectivity index (χ3n) is 9.81. The molecule has 4 heterocycles. The summed E-state index contributed by atoms with van der Waals surface area (Å²) in [6.07, 6.45) is 0. The van der Waals surface area contributed by atoms with Crippen molar-refractivity contribution in [2.24, 2.45) is 0 Å². The van der Waals surface area contributed by atoms with Gasteiger partial charge in [0.2, 0.25) is 10.9 Å². The van der Waals surface area contributed by atoms with Crippen LogP contribution in [-0.4, -0.2) is 9.13 Å². The van der Waals surface area contributed by atoms with Crippen molar-refractivity contribution in [2.45, 2.75) is 0 Å². The molecule has 8 nitrogen and oxygen atoms in total. The quantitative estimate of drug-likeness (QED) is 0.169. The molecule has 0 aliphatic rings. The average Bonchev–Trinajstić information content (AvgIpc) is 3.18. The Balaban J connectivity index is 1.22. The van der Waals surface area contributed by atoms with Crippen molar-refractivity contribution in [2.75, 3.05) is 0 Å². The molecular formula is C44H24N2O6. The van der Waals surface area contributed by atoms with Crippen molar-refractivity contribution in [1.29, 1.82) is 0 Å². The van der Waals surface area contributed by atoms with Crippen molar-refractivity contribution in [3.05, 3.63) is 166 Å². The van der Waals surface area contributed by atoms with E-state index in [2.05, 4.69) is 9.13 Å². The number of hydrogen-bond acceptors (Lipinski definition) is 6. The van der Waals surface area contributed by atoms with Gasteiger partial charge < -0.3 is 26.8 Å². The van der Waals surface area contributed by atoms with Crippen LogP contribution in [0.15, 0.2) is 173 Å². The molecule has 0 radical (unpaired) electrons. The maximum absolute atomic E-state index is 13.4. The number of hydrogen-bond donors (Lipinski definition) is 0. The molecule has 0 atom stereocenters. The second-order valence-electron chi connectivity index (χ2n) is 12.8. The van der Waals surface area contributed by atoms with Gasteiger partial charge in [-0.25, -0.2) is 0 Å². The van der Waals surface area contributed by atoms with Crippen LogP contribution in [0.25, 0.3) is 99.7 Å². The van der Waals surface area contributed by atoms with Crippen LogP contribution >= 0.6 is 0 Å². The first kappa shape index (κ1) is 28.5. The SMILES string of the molecule is O=c1c2ccccc2oc2cc(-n3c4ccccc4oc4cc5c(cc43)oc3ccccc3n5-c3ccc4c(=O)c5ccccc5oc4c3)ccc12. The highest BCUT2D eigenvalue weighted by molar-refractivity contribution is 5.99. The van der Waals surface area contributed by atoms with E-state index in [1.165, 1.54) is 0 Å². The molecule has 0 saturated heterocycles. The molecule has 4 aromatic heterocycles. The fourth-order valence-electron chi connectivity index (χ4n) is 7.42. The van der Waals surface area contributed by atoms with Gasteiger partial charge in [-0.05, 0) is 72.8 Å². The van der Waals surface area contributed by atoms with E-state index >= 15 is 0 Å². The first-order valence-corrected chi connectivity index (χ1v) is 16.8. The highest BCUT2D eigenvalue weighted by atomic mass is 16.3. The van der Waals surface area contributed by atoms with Crippen LogP contribution in [0.3, 0.4) is 0 Å². The summed E-state index contributed by atoms with van der Waals surface area (Å²) in [5, 5.41) is 2.09. The molecule has 0 saturated carbocycles. The Kier molecular flexibility index (Phi) is 5.81. The molecular weight excluding hydrogens is 652 g/mol. The number of fused-ring (bicyclic) bond motifs is 8. The van der Waals surface area contributed by atoms with Crippen LogP contribution in [0.2, 0.25) is 0 Å². The van der Waals surface area contributed by atoms with Crippen LogP contribution in [0.4, 0.5) is 0 Å². The fourth-order valence-corrected chi connectivity index (χ4v) is 7.42. The molecule has 11 aromatic rings. The predicted molar refractivity (Wildman–Crippen MR) is 204 cm³/mol. The Bertz CT molecular complexity index is 3250. The molecule has 8 heteroatoms. The summed E-state index contributed by atoms with van der Waals surface area (Å²) in [7, 11) is 0. The molecule has 7 aromatic carbocycles. The van der Waals surface area contributed by atoms with E-state index in [-0.39, 0.29) is 10.9 Å². The van der Waals surface area contributed by atoms with Crippen LogP contribution < -0.4 is 10.9 Å². The number of nitrogens with zero attached hydrogens (tertiary/aromatic N) is 2. The minimum atomic E-state index is -0.0754. The van der Waals surface area contributed by atoms with Crippen molar-refractivity contribution in [3.8, 4) is 11.4 Å². The van der Waals surface area contributed by atoms with Crippen LogP contribution in [0, 0.1) is 0 Å². The summed E-state index contributed by atoms with van der Waals surface area (Å²) < 4.78 is 29.9.